The van der Waals surface area contributed by atoms with Crippen LogP contribution in [-0.2, 0) is 21.4 Å². The van der Waals surface area contributed by atoms with Crippen LogP contribution in [0.25, 0.3) is 10.9 Å². The van der Waals surface area contributed by atoms with Gasteiger partial charge in [0, 0.05) is 30.6 Å². The summed E-state index contributed by atoms with van der Waals surface area (Å²) in [5, 5.41) is 13.4. The van der Waals surface area contributed by atoms with Crippen LogP contribution >= 0.6 is 45.2 Å². The minimum absolute atomic E-state index is 0.116. The molecule has 214 valence electrons. The molecular weight excluding hydrogens is 746 g/mol. The minimum Gasteiger partial charge on any atom is -0.506 e. The van der Waals surface area contributed by atoms with E-state index in [1.165, 1.54) is 0 Å². The van der Waals surface area contributed by atoms with Gasteiger partial charge in [-0.05, 0) is 81.3 Å². The van der Waals surface area contributed by atoms with Crippen molar-refractivity contribution in [1.29, 1.82) is 0 Å². The van der Waals surface area contributed by atoms with Crippen LogP contribution in [-0.4, -0.2) is 59.3 Å². The summed E-state index contributed by atoms with van der Waals surface area (Å²) >= 11 is 4.09. The summed E-state index contributed by atoms with van der Waals surface area (Å²) in [6.07, 6.45) is -0.740. The van der Waals surface area contributed by atoms with Gasteiger partial charge < -0.3 is 34.9 Å². The Hall–Kier alpha value is -2.66. The van der Waals surface area contributed by atoms with Gasteiger partial charge in [0.15, 0.2) is 0 Å². The van der Waals surface area contributed by atoms with Crippen molar-refractivity contribution in [3.05, 3.63) is 52.4 Å². The van der Waals surface area contributed by atoms with E-state index in [0.29, 0.717) is 50.1 Å². The van der Waals surface area contributed by atoms with Gasteiger partial charge in [-0.25, -0.2) is 9.59 Å². The van der Waals surface area contributed by atoms with Gasteiger partial charge in [0.25, 0.3) is 6.01 Å². The molecule has 1 saturated heterocycles. The molecule has 11 nitrogen and oxygen atoms in total. The molecule has 13 heteroatoms. The first-order valence-electron chi connectivity index (χ1n) is 12.5. The molecule has 1 atom stereocenters. The van der Waals surface area contributed by atoms with E-state index >= 15 is 0 Å². The van der Waals surface area contributed by atoms with Gasteiger partial charge in [-0.2, -0.15) is 4.98 Å². The number of carbonyl (C=O) groups excluding carboxylic acids is 2. The predicted molar refractivity (Wildman–Crippen MR) is 166 cm³/mol. The Bertz CT molecular complexity index is 1510. The molecule has 1 aliphatic rings. The Kier molecular flexibility index (Phi) is 9.14. The second-order valence-corrected chi connectivity index (χ2v) is 12.8. The van der Waals surface area contributed by atoms with Crippen molar-refractivity contribution in [2.75, 3.05) is 31.6 Å². The van der Waals surface area contributed by atoms with Gasteiger partial charge in [0.05, 0.1) is 31.3 Å². The minimum atomic E-state index is -0.994. The fourth-order valence-electron chi connectivity index (χ4n) is 4.57. The van der Waals surface area contributed by atoms with Crippen LogP contribution in [0.4, 0.5) is 10.8 Å². The molecule has 4 N–H and O–H groups in total. The number of amides is 2. The third kappa shape index (κ3) is 6.62. The lowest BCUT2D eigenvalue weighted by Crippen LogP contribution is -2.49. The average molecular weight is 776 g/mol. The maximum atomic E-state index is 13.6. The van der Waals surface area contributed by atoms with Gasteiger partial charge in [0.2, 0.25) is 5.91 Å². The maximum absolute atomic E-state index is 13.6. The SMILES string of the molecule is Cc1c(OC(N)=O)c(C(C)(C)C)cc2nc(N[C@@H](Cc3cc(I)c(O)c(I)c3)C(=O)N3CCOCC3)oc(=O)c12. The smallest absolute Gasteiger partial charge is 0.409 e. The number of nitrogens with two attached hydrogens (primary N) is 1. The van der Waals surface area contributed by atoms with Gasteiger partial charge in [-0.15, -0.1) is 0 Å². The summed E-state index contributed by atoms with van der Waals surface area (Å²) in [5.41, 5.74) is 6.27. The fraction of sp³-hybridized carbons (Fsp3) is 0.407. The van der Waals surface area contributed by atoms with Crippen molar-refractivity contribution < 1.29 is 28.6 Å². The molecule has 1 fully saturated rings. The zero-order chi connectivity index (χ0) is 29.4. The van der Waals surface area contributed by atoms with Crippen LogP contribution in [0, 0.1) is 14.1 Å². The predicted octanol–water partition coefficient (Wildman–Crippen LogP) is 4.05. The third-order valence-electron chi connectivity index (χ3n) is 6.56. The quantitative estimate of drug-likeness (QED) is 0.315. The molecule has 1 aromatic heterocycles. The van der Waals surface area contributed by atoms with E-state index < -0.39 is 23.2 Å². The number of morpholine rings is 1. The number of aromatic hydroxyl groups is 1. The van der Waals surface area contributed by atoms with E-state index in [9.17, 15) is 19.5 Å². The summed E-state index contributed by atoms with van der Waals surface area (Å²) in [7, 11) is 0. The van der Waals surface area contributed by atoms with E-state index in [4.69, 9.17) is 19.6 Å². The third-order valence-corrected chi connectivity index (χ3v) is 8.20. The van der Waals surface area contributed by atoms with E-state index in [0.717, 1.165) is 5.56 Å². The number of halogens is 2. The number of primary amides is 1. The summed E-state index contributed by atoms with van der Waals surface area (Å²) in [4.78, 5) is 44.7. The molecule has 40 heavy (non-hydrogen) atoms. The number of nitrogens with zero attached hydrogens (tertiary/aromatic N) is 2. The highest BCUT2D eigenvalue weighted by molar-refractivity contribution is 14.1. The number of nitrogens with one attached hydrogen (secondary N) is 1. The normalized spacial score (nSPS) is 14.7. The van der Waals surface area contributed by atoms with Crippen LogP contribution in [0.5, 0.6) is 11.5 Å². The number of aromatic nitrogens is 1. The molecule has 0 saturated carbocycles. The first-order chi connectivity index (χ1) is 18.8. The first kappa shape index (κ1) is 30.3. The van der Waals surface area contributed by atoms with E-state index in [-0.39, 0.29) is 35.2 Å². The van der Waals surface area contributed by atoms with E-state index in [1.807, 2.05) is 78.1 Å². The summed E-state index contributed by atoms with van der Waals surface area (Å²) in [6.45, 7) is 9.18. The van der Waals surface area contributed by atoms with Crippen LogP contribution in [0.1, 0.15) is 37.5 Å². The van der Waals surface area contributed by atoms with Crippen molar-refractivity contribution in [2.45, 2.75) is 45.6 Å². The van der Waals surface area contributed by atoms with Crippen molar-refractivity contribution in [3.63, 3.8) is 0 Å². The zero-order valence-electron chi connectivity index (χ0n) is 22.5. The van der Waals surface area contributed by atoms with Crippen molar-refractivity contribution in [2.24, 2.45) is 5.73 Å². The molecule has 0 aliphatic carbocycles. The molecule has 0 bridgehead atoms. The Balaban J connectivity index is 1.78. The molecule has 0 radical (unpaired) electrons. The number of carbonyl (C=O) groups is 2. The number of phenolic OH excluding ortho intramolecular Hbond substituents is 1. The van der Waals surface area contributed by atoms with Crippen LogP contribution in [0.3, 0.4) is 0 Å². The highest BCUT2D eigenvalue weighted by Gasteiger charge is 2.29. The number of benzene rings is 2. The lowest BCUT2D eigenvalue weighted by atomic mass is 9.84. The fourth-order valence-corrected chi connectivity index (χ4v) is 6.47. The van der Waals surface area contributed by atoms with Gasteiger partial charge in [-0.1, -0.05) is 20.8 Å². The van der Waals surface area contributed by atoms with Gasteiger partial charge in [-0.3, -0.25) is 4.79 Å². The molecular formula is C27H30I2N4O7. The summed E-state index contributed by atoms with van der Waals surface area (Å²) < 4.78 is 17.6. The molecule has 3 aromatic rings. The molecule has 2 heterocycles. The topological polar surface area (TPSA) is 157 Å². The number of anilines is 1. The number of fused-ring (bicyclic) bond motifs is 1. The Morgan fingerprint density at radius 1 is 1.20 bits per heavy atom. The largest absolute Gasteiger partial charge is 0.506 e. The average Bonchev–Trinajstić information content (AvgIpc) is 2.87. The Labute approximate surface area is 258 Å². The zero-order valence-corrected chi connectivity index (χ0v) is 26.8. The highest BCUT2D eigenvalue weighted by atomic mass is 127. The van der Waals surface area contributed by atoms with Crippen molar-refractivity contribution >= 4 is 74.1 Å². The van der Waals surface area contributed by atoms with Crippen LogP contribution in [0.2, 0.25) is 0 Å². The lowest BCUT2D eigenvalue weighted by Gasteiger charge is -2.30. The maximum Gasteiger partial charge on any atom is 0.409 e. The number of ether oxygens (including phenoxy) is 2. The number of hydrogen-bond acceptors (Lipinski definition) is 9. The molecule has 2 aromatic carbocycles. The first-order valence-corrected chi connectivity index (χ1v) is 14.7. The molecule has 2 amide bonds. The molecule has 1 aliphatic heterocycles. The van der Waals surface area contributed by atoms with Crippen LogP contribution < -0.4 is 21.4 Å². The summed E-state index contributed by atoms with van der Waals surface area (Å²) in [5.74, 6) is 0.183. The van der Waals surface area contributed by atoms with Crippen molar-refractivity contribution in [1.82, 2.24) is 9.88 Å². The van der Waals surface area contributed by atoms with E-state index in [1.54, 1.807) is 17.9 Å². The Morgan fingerprint density at radius 2 is 1.82 bits per heavy atom. The van der Waals surface area contributed by atoms with E-state index in [2.05, 4.69) is 10.3 Å². The van der Waals surface area contributed by atoms with Crippen LogP contribution in [0.15, 0.2) is 27.4 Å². The number of hydrogen-bond donors (Lipinski definition) is 3. The number of rotatable bonds is 6. The number of aryl methyl sites for hydroxylation is 1. The molecule has 0 unspecified atom stereocenters. The lowest BCUT2D eigenvalue weighted by molar-refractivity contribution is -0.136. The second-order valence-electron chi connectivity index (χ2n) is 10.5. The monoisotopic (exact) mass is 776 g/mol. The standard InChI is InChI=1S/C27H30I2N4O7/c1-13-20-18(12-15(27(2,3)4)22(13)39-25(30)37)31-26(40-24(20)36)32-19(23(35)33-5-7-38-8-6-33)11-14-9-16(28)21(34)17(29)10-14/h9-10,12,19,34H,5-8,11H2,1-4H3,(H2,30,37)(H,31,32)/t19-/m0/s1. The van der Waals surface area contributed by atoms with Crippen molar-refractivity contribution in [3.8, 4) is 11.5 Å². The highest BCUT2D eigenvalue weighted by Crippen LogP contribution is 2.37. The molecule has 0 spiro atoms. The summed E-state index contributed by atoms with van der Waals surface area (Å²) in [6, 6.07) is 4.36. The Morgan fingerprint density at radius 3 is 2.40 bits per heavy atom. The van der Waals surface area contributed by atoms with Gasteiger partial charge in [0.1, 0.15) is 17.5 Å². The second kappa shape index (κ2) is 12.1. The van der Waals surface area contributed by atoms with Gasteiger partial charge >= 0.3 is 11.7 Å². The molecule has 4 rings (SSSR count). The number of phenols is 1.